The summed E-state index contributed by atoms with van der Waals surface area (Å²) in [4.78, 5) is 0. The van der Waals surface area contributed by atoms with Gasteiger partial charge in [-0.15, -0.1) is 0 Å². The minimum absolute atomic E-state index is 0.657. The van der Waals surface area contributed by atoms with Crippen LogP contribution in [0, 0.1) is 0 Å². The third-order valence-electron chi connectivity index (χ3n) is 2.25. The molecule has 0 unspecified atom stereocenters. The molecule has 0 radical (unpaired) electrons. The van der Waals surface area contributed by atoms with Crippen molar-refractivity contribution in [2.24, 2.45) is 5.73 Å². The van der Waals surface area contributed by atoms with Crippen molar-refractivity contribution < 1.29 is 14.2 Å². The van der Waals surface area contributed by atoms with Crippen LogP contribution >= 0.6 is 11.8 Å². The Morgan fingerprint density at radius 1 is 0.778 bits per heavy atom. The van der Waals surface area contributed by atoms with Crippen LogP contribution in [0.5, 0.6) is 0 Å². The van der Waals surface area contributed by atoms with Crippen LogP contribution in [-0.2, 0) is 14.2 Å². The predicted octanol–water partition coefficient (Wildman–Crippen LogP) is 1.92. The highest BCUT2D eigenvalue weighted by Gasteiger charge is 1.92. The molecule has 0 spiro atoms. The summed E-state index contributed by atoms with van der Waals surface area (Å²) in [6.45, 7) is 7.26. The molecule has 0 aliphatic rings. The van der Waals surface area contributed by atoms with E-state index in [2.05, 4.69) is 6.92 Å². The Morgan fingerprint density at radius 2 is 1.39 bits per heavy atom. The predicted molar refractivity (Wildman–Crippen MR) is 78.4 cm³/mol. The number of thioether (sulfide) groups is 1. The summed E-state index contributed by atoms with van der Waals surface area (Å²) in [6, 6.07) is 0. The van der Waals surface area contributed by atoms with Gasteiger partial charge in [-0.1, -0.05) is 13.3 Å². The summed E-state index contributed by atoms with van der Waals surface area (Å²) in [5.74, 6) is 2.17. The maximum absolute atomic E-state index is 5.44. The number of nitrogens with two attached hydrogens (primary N) is 1. The first-order valence-electron chi connectivity index (χ1n) is 6.92. The Balaban J connectivity index is 2.86. The van der Waals surface area contributed by atoms with E-state index < -0.39 is 0 Å². The second-order valence-corrected chi connectivity index (χ2v) is 5.17. The molecule has 0 amide bonds. The lowest BCUT2D eigenvalue weighted by atomic mass is 10.4. The standard InChI is InChI=1S/C13H29NO3S/c1-2-3-6-15-7-8-16-9-10-17-11-13-18-12-4-5-14/h2-14H2,1H3. The van der Waals surface area contributed by atoms with Crippen molar-refractivity contribution in [2.45, 2.75) is 26.2 Å². The molecule has 110 valence electrons. The lowest BCUT2D eigenvalue weighted by Gasteiger charge is -2.06. The summed E-state index contributed by atoms with van der Waals surface area (Å²) in [5, 5.41) is 0. The molecule has 18 heavy (non-hydrogen) atoms. The van der Waals surface area contributed by atoms with Crippen molar-refractivity contribution in [1.29, 1.82) is 0 Å². The monoisotopic (exact) mass is 279 g/mol. The lowest BCUT2D eigenvalue weighted by molar-refractivity contribution is 0.0169. The van der Waals surface area contributed by atoms with Gasteiger partial charge in [0.1, 0.15) is 0 Å². The summed E-state index contributed by atoms with van der Waals surface area (Å²) < 4.78 is 16.2. The molecule has 2 N–H and O–H groups in total. The Hall–Kier alpha value is 0.190. The van der Waals surface area contributed by atoms with Crippen LogP contribution in [0.1, 0.15) is 26.2 Å². The van der Waals surface area contributed by atoms with Crippen molar-refractivity contribution >= 4 is 11.8 Å². The SMILES string of the molecule is CCCCOCCOCCOCCSCCCN. The number of ether oxygens (including phenoxy) is 3. The van der Waals surface area contributed by atoms with E-state index in [9.17, 15) is 0 Å². The van der Waals surface area contributed by atoms with Crippen LogP contribution in [-0.4, -0.2) is 57.7 Å². The zero-order chi connectivity index (χ0) is 13.3. The van der Waals surface area contributed by atoms with E-state index in [4.69, 9.17) is 19.9 Å². The number of rotatable bonds is 15. The van der Waals surface area contributed by atoms with Gasteiger partial charge in [-0.3, -0.25) is 0 Å². The van der Waals surface area contributed by atoms with Gasteiger partial charge in [0.2, 0.25) is 0 Å². The van der Waals surface area contributed by atoms with Crippen molar-refractivity contribution in [3.05, 3.63) is 0 Å². The van der Waals surface area contributed by atoms with Crippen molar-refractivity contribution in [3.63, 3.8) is 0 Å². The first-order valence-corrected chi connectivity index (χ1v) is 8.08. The molecule has 0 aliphatic carbocycles. The van der Waals surface area contributed by atoms with E-state index in [-0.39, 0.29) is 0 Å². The number of unbranched alkanes of at least 4 members (excludes halogenated alkanes) is 1. The second-order valence-electron chi connectivity index (χ2n) is 3.95. The van der Waals surface area contributed by atoms with E-state index in [0.29, 0.717) is 26.4 Å². The van der Waals surface area contributed by atoms with E-state index >= 15 is 0 Å². The molecule has 0 aromatic rings. The highest BCUT2D eigenvalue weighted by molar-refractivity contribution is 7.99. The van der Waals surface area contributed by atoms with Gasteiger partial charge in [0, 0.05) is 12.4 Å². The van der Waals surface area contributed by atoms with Crippen LogP contribution in [0.4, 0.5) is 0 Å². The van der Waals surface area contributed by atoms with Gasteiger partial charge in [-0.05, 0) is 25.1 Å². The molecule has 4 nitrogen and oxygen atoms in total. The normalized spacial score (nSPS) is 11.0. The maximum Gasteiger partial charge on any atom is 0.0701 e. The summed E-state index contributed by atoms with van der Waals surface area (Å²) in [7, 11) is 0. The molecule has 0 fully saturated rings. The van der Waals surface area contributed by atoms with Crippen LogP contribution in [0.2, 0.25) is 0 Å². The zero-order valence-corrected chi connectivity index (χ0v) is 12.5. The van der Waals surface area contributed by atoms with Gasteiger partial charge in [0.25, 0.3) is 0 Å². The average Bonchev–Trinajstić information content (AvgIpc) is 2.39. The van der Waals surface area contributed by atoms with Crippen LogP contribution < -0.4 is 5.73 Å². The molecule has 0 atom stereocenters. The maximum atomic E-state index is 5.44. The highest BCUT2D eigenvalue weighted by Crippen LogP contribution is 2.00. The molecule has 0 bridgehead atoms. The van der Waals surface area contributed by atoms with E-state index in [1.54, 1.807) is 0 Å². The first-order chi connectivity index (χ1) is 8.91. The van der Waals surface area contributed by atoms with E-state index in [0.717, 1.165) is 44.1 Å². The zero-order valence-electron chi connectivity index (χ0n) is 11.7. The fourth-order valence-corrected chi connectivity index (χ4v) is 2.00. The Bertz CT molecular complexity index is 134. The average molecular weight is 279 g/mol. The van der Waals surface area contributed by atoms with E-state index in [1.165, 1.54) is 6.42 Å². The topological polar surface area (TPSA) is 53.7 Å². The fourth-order valence-electron chi connectivity index (χ4n) is 1.19. The molecule has 0 aromatic heterocycles. The highest BCUT2D eigenvalue weighted by atomic mass is 32.2. The fraction of sp³-hybridized carbons (Fsp3) is 1.00. The molecule has 0 rings (SSSR count). The first kappa shape index (κ1) is 18.2. The van der Waals surface area contributed by atoms with Crippen LogP contribution in [0.25, 0.3) is 0 Å². The minimum Gasteiger partial charge on any atom is -0.379 e. The van der Waals surface area contributed by atoms with Gasteiger partial charge in [-0.2, -0.15) is 11.8 Å². The Labute approximate surface area is 116 Å². The Kier molecular flexibility index (Phi) is 17.4. The molecular formula is C13H29NO3S. The molecule has 0 heterocycles. The van der Waals surface area contributed by atoms with Gasteiger partial charge >= 0.3 is 0 Å². The molecule has 0 aromatic carbocycles. The summed E-state index contributed by atoms with van der Waals surface area (Å²) >= 11 is 1.89. The molecule has 0 saturated carbocycles. The molecule has 0 saturated heterocycles. The Morgan fingerprint density at radius 3 is 2.00 bits per heavy atom. The van der Waals surface area contributed by atoms with Crippen molar-refractivity contribution in [1.82, 2.24) is 0 Å². The minimum atomic E-state index is 0.657. The summed E-state index contributed by atoms with van der Waals surface area (Å²) in [5.41, 5.74) is 5.40. The van der Waals surface area contributed by atoms with Gasteiger partial charge in [0.05, 0.1) is 33.0 Å². The number of hydrogen-bond acceptors (Lipinski definition) is 5. The largest absolute Gasteiger partial charge is 0.379 e. The third kappa shape index (κ3) is 16.2. The van der Waals surface area contributed by atoms with Crippen LogP contribution in [0.3, 0.4) is 0 Å². The smallest absolute Gasteiger partial charge is 0.0701 e. The molecular weight excluding hydrogens is 250 g/mol. The quantitative estimate of drug-likeness (QED) is 0.464. The third-order valence-corrected chi connectivity index (χ3v) is 3.28. The lowest BCUT2D eigenvalue weighted by Crippen LogP contribution is -2.11. The van der Waals surface area contributed by atoms with Gasteiger partial charge < -0.3 is 19.9 Å². The summed E-state index contributed by atoms with van der Waals surface area (Å²) in [6.07, 6.45) is 3.40. The van der Waals surface area contributed by atoms with E-state index in [1.807, 2.05) is 11.8 Å². The van der Waals surface area contributed by atoms with Crippen molar-refractivity contribution in [3.8, 4) is 0 Å². The number of hydrogen-bond donors (Lipinski definition) is 1. The van der Waals surface area contributed by atoms with Crippen molar-refractivity contribution in [2.75, 3.05) is 57.7 Å². The van der Waals surface area contributed by atoms with Crippen LogP contribution in [0.15, 0.2) is 0 Å². The van der Waals surface area contributed by atoms with Gasteiger partial charge in [0.15, 0.2) is 0 Å². The second kappa shape index (κ2) is 17.2. The molecule has 5 heteroatoms. The molecule has 0 aliphatic heterocycles. The van der Waals surface area contributed by atoms with Gasteiger partial charge in [-0.25, -0.2) is 0 Å².